The molecule has 0 aliphatic carbocycles. The number of esters is 1. The second-order valence-electron chi connectivity index (χ2n) is 6.30. The number of carbonyl (C=O) groups excluding carboxylic acids is 1. The Morgan fingerprint density at radius 2 is 1.21 bits per heavy atom. The average molecular weight is 394 g/mol. The Morgan fingerprint density at radius 1 is 0.857 bits per heavy atom. The minimum absolute atomic E-state index is 0.0926. The van der Waals surface area contributed by atoms with Crippen LogP contribution in [0.4, 0.5) is 0 Å². The molecule has 154 valence electrons. The summed E-state index contributed by atoms with van der Waals surface area (Å²) in [5.74, 6) is -4.84. The third-order valence-corrected chi connectivity index (χ3v) is 3.88. The molecule has 0 aromatic heterocycles. The van der Waals surface area contributed by atoms with E-state index in [-0.39, 0.29) is 28.9 Å². The second kappa shape index (κ2) is 10.9. The second-order valence-corrected chi connectivity index (χ2v) is 6.30. The zero-order valence-corrected chi connectivity index (χ0v) is 16.4. The predicted octanol–water partition coefficient (Wildman–Crippen LogP) is 2.97. The molecule has 0 heterocycles. The molecule has 3 N–H and O–H groups in total. The van der Waals surface area contributed by atoms with E-state index in [1.807, 2.05) is 6.92 Å². The van der Waals surface area contributed by atoms with Crippen LogP contribution in [-0.2, 0) is 23.9 Å². The van der Waals surface area contributed by atoms with Gasteiger partial charge in [0.2, 0.25) is 0 Å². The third kappa shape index (κ3) is 7.22. The molecule has 0 aromatic rings. The Balaban J connectivity index is 6.71. The van der Waals surface area contributed by atoms with E-state index in [0.717, 1.165) is 24.6 Å². The molecule has 0 aliphatic rings. The molecule has 0 aliphatic heterocycles. The SMILES string of the molecule is C=C(C(=O)OCCCC)C(C=C(C)C(=O)O)(C=C(C)C(=O)O)C=C(C)C(=O)O. The molecule has 8 nitrogen and oxygen atoms in total. The maximum Gasteiger partial charge on any atom is 0.334 e. The summed E-state index contributed by atoms with van der Waals surface area (Å²) >= 11 is 0. The summed E-state index contributed by atoms with van der Waals surface area (Å²) in [5.41, 5.74) is -2.80. The van der Waals surface area contributed by atoms with Crippen LogP contribution in [-0.4, -0.2) is 45.8 Å². The van der Waals surface area contributed by atoms with Crippen LogP contribution in [0.5, 0.6) is 0 Å². The molecule has 0 bridgehead atoms. The highest BCUT2D eigenvalue weighted by molar-refractivity contribution is 5.95. The molecule has 0 spiro atoms. The van der Waals surface area contributed by atoms with Gasteiger partial charge in [-0.3, -0.25) is 0 Å². The number of ether oxygens (including phenoxy) is 1. The van der Waals surface area contributed by atoms with E-state index in [9.17, 15) is 34.5 Å². The van der Waals surface area contributed by atoms with Crippen molar-refractivity contribution in [1.82, 2.24) is 0 Å². The van der Waals surface area contributed by atoms with E-state index in [4.69, 9.17) is 4.74 Å². The van der Waals surface area contributed by atoms with Crippen molar-refractivity contribution >= 4 is 23.9 Å². The number of carboxylic acids is 3. The minimum atomic E-state index is -1.81. The Hall–Kier alpha value is -3.16. The number of rotatable bonds is 11. The molecule has 0 fully saturated rings. The van der Waals surface area contributed by atoms with Crippen molar-refractivity contribution in [2.45, 2.75) is 40.5 Å². The van der Waals surface area contributed by atoms with Gasteiger partial charge in [-0.15, -0.1) is 0 Å². The van der Waals surface area contributed by atoms with Crippen molar-refractivity contribution in [3.63, 3.8) is 0 Å². The minimum Gasteiger partial charge on any atom is -0.478 e. The lowest BCUT2D eigenvalue weighted by Gasteiger charge is -2.27. The highest BCUT2D eigenvalue weighted by Gasteiger charge is 2.34. The maximum atomic E-state index is 12.5. The molecule has 0 unspecified atom stereocenters. The number of aliphatic carboxylic acids is 3. The van der Waals surface area contributed by atoms with Gasteiger partial charge in [0.1, 0.15) is 0 Å². The normalized spacial score (nSPS) is 14.8. The van der Waals surface area contributed by atoms with Gasteiger partial charge in [-0.05, 0) is 27.2 Å². The van der Waals surface area contributed by atoms with E-state index in [0.29, 0.717) is 6.42 Å². The van der Waals surface area contributed by atoms with Crippen LogP contribution in [0, 0.1) is 5.41 Å². The summed E-state index contributed by atoms with van der Waals surface area (Å²) < 4.78 is 5.11. The lowest BCUT2D eigenvalue weighted by atomic mass is 9.76. The molecular weight excluding hydrogens is 368 g/mol. The van der Waals surface area contributed by atoms with Crippen LogP contribution in [0.25, 0.3) is 0 Å². The third-order valence-electron chi connectivity index (χ3n) is 3.88. The fraction of sp³-hybridized carbons (Fsp3) is 0.400. The van der Waals surface area contributed by atoms with Crippen molar-refractivity contribution in [1.29, 1.82) is 0 Å². The number of hydrogen-bond acceptors (Lipinski definition) is 5. The average Bonchev–Trinajstić information content (AvgIpc) is 2.60. The van der Waals surface area contributed by atoms with Gasteiger partial charge in [-0.1, -0.05) is 38.2 Å². The first-order valence-electron chi connectivity index (χ1n) is 8.52. The topological polar surface area (TPSA) is 138 Å². The van der Waals surface area contributed by atoms with Crippen LogP contribution in [0.3, 0.4) is 0 Å². The predicted molar refractivity (Wildman–Crippen MR) is 102 cm³/mol. The van der Waals surface area contributed by atoms with E-state index < -0.39 is 29.3 Å². The maximum absolute atomic E-state index is 12.5. The largest absolute Gasteiger partial charge is 0.478 e. The van der Waals surface area contributed by atoms with Crippen LogP contribution in [0.2, 0.25) is 0 Å². The first-order chi connectivity index (χ1) is 12.9. The summed E-state index contributed by atoms with van der Waals surface area (Å²) in [6.07, 6.45) is 4.59. The van der Waals surface area contributed by atoms with Crippen molar-refractivity contribution < 1.29 is 39.2 Å². The number of hydrogen-bond donors (Lipinski definition) is 3. The van der Waals surface area contributed by atoms with Gasteiger partial charge < -0.3 is 20.1 Å². The van der Waals surface area contributed by atoms with Gasteiger partial charge in [0.15, 0.2) is 0 Å². The van der Waals surface area contributed by atoms with E-state index >= 15 is 0 Å². The Bertz CT molecular complexity index is 678. The molecule has 0 amide bonds. The highest BCUT2D eigenvalue weighted by atomic mass is 16.5. The van der Waals surface area contributed by atoms with Crippen molar-refractivity contribution in [2.75, 3.05) is 6.61 Å². The number of carboxylic acid groups (broad SMARTS) is 3. The molecule has 0 saturated carbocycles. The van der Waals surface area contributed by atoms with Crippen LogP contribution in [0.1, 0.15) is 40.5 Å². The molecule has 0 atom stereocenters. The Kier molecular flexibility index (Phi) is 9.63. The van der Waals surface area contributed by atoms with Gasteiger partial charge >= 0.3 is 23.9 Å². The van der Waals surface area contributed by atoms with Crippen molar-refractivity contribution in [2.24, 2.45) is 5.41 Å². The Labute approximate surface area is 163 Å². The number of carbonyl (C=O) groups is 4. The van der Waals surface area contributed by atoms with E-state index in [2.05, 4.69) is 6.58 Å². The zero-order valence-electron chi connectivity index (χ0n) is 16.4. The number of unbranched alkanes of at least 4 members (excludes halogenated alkanes) is 1. The Morgan fingerprint density at radius 3 is 1.50 bits per heavy atom. The summed E-state index contributed by atoms with van der Waals surface area (Å²) in [7, 11) is 0. The molecule has 28 heavy (non-hydrogen) atoms. The first kappa shape index (κ1) is 24.8. The van der Waals surface area contributed by atoms with Gasteiger partial charge in [-0.25, -0.2) is 19.2 Å². The summed E-state index contributed by atoms with van der Waals surface area (Å²) in [5, 5.41) is 27.7. The smallest absolute Gasteiger partial charge is 0.334 e. The van der Waals surface area contributed by atoms with Crippen molar-refractivity contribution in [3.8, 4) is 0 Å². The van der Waals surface area contributed by atoms with E-state index in [1.165, 1.54) is 20.8 Å². The molecule has 0 saturated heterocycles. The van der Waals surface area contributed by atoms with Gasteiger partial charge in [0.05, 0.1) is 12.0 Å². The summed E-state index contributed by atoms with van der Waals surface area (Å²) in [4.78, 5) is 46.5. The lowest BCUT2D eigenvalue weighted by molar-refractivity contribution is -0.140. The first-order valence-corrected chi connectivity index (χ1v) is 8.52. The van der Waals surface area contributed by atoms with Crippen LogP contribution < -0.4 is 0 Å². The molecule has 0 aromatic carbocycles. The zero-order chi connectivity index (χ0) is 22.1. The van der Waals surface area contributed by atoms with Gasteiger partial charge in [0, 0.05) is 22.3 Å². The van der Waals surface area contributed by atoms with Gasteiger partial charge in [-0.2, -0.15) is 0 Å². The fourth-order valence-electron chi connectivity index (χ4n) is 2.22. The standard InChI is InChI=1S/C20H26O8/c1-6-7-8-28-19(27)15(5)20(9-12(2)16(21)22,10-13(3)17(23)24)11-14(4)18(25)26/h9-11H,5-8H2,1-4H3,(H,21,22)(H,23,24)(H,25,26). The lowest BCUT2D eigenvalue weighted by Crippen LogP contribution is -2.26. The summed E-state index contributed by atoms with van der Waals surface area (Å²) in [6.45, 7) is 9.35. The van der Waals surface area contributed by atoms with E-state index in [1.54, 1.807) is 0 Å². The number of allylic oxidation sites excluding steroid dienone is 3. The van der Waals surface area contributed by atoms with Crippen LogP contribution in [0.15, 0.2) is 47.1 Å². The fourth-order valence-corrected chi connectivity index (χ4v) is 2.22. The van der Waals surface area contributed by atoms with Crippen LogP contribution >= 0.6 is 0 Å². The monoisotopic (exact) mass is 394 g/mol. The van der Waals surface area contributed by atoms with Gasteiger partial charge in [0.25, 0.3) is 0 Å². The molecular formula is C20H26O8. The molecule has 0 radical (unpaired) electrons. The highest BCUT2D eigenvalue weighted by Crippen LogP contribution is 2.37. The molecule has 0 rings (SSSR count). The summed E-state index contributed by atoms with van der Waals surface area (Å²) in [6, 6.07) is 0. The van der Waals surface area contributed by atoms with Crippen molar-refractivity contribution in [3.05, 3.63) is 47.1 Å². The quantitative estimate of drug-likeness (QED) is 0.276. The molecule has 8 heteroatoms.